The summed E-state index contributed by atoms with van der Waals surface area (Å²) in [6.45, 7) is 3.81. The van der Waals surface area contributed by atoms with Crippen molar-refractivity contribution in [1.29, 1.82) is 0 Å². The quantitative estimate of drug-likeness (QED) is 0.0800. The normalized spacial score (nSPS) is 11.8. The molecule has 3 aromatic rings. The molecule has 0 atom stereocenters. The first-order valence-electron chi connectivity index (χ1n) is 14.7. The first kappa shape index (κ1) is 37.1. The van der Waals surface area contributed by atoms with E-state index in [-0.39, 0.29) is 19.4 Å². The molecule has 0 aliphatic rings. The number of pyridine rings is 1. The molecule has 3 rings (SSSR count). The van der Waals surface area contributed by atoms with Gasteiger partial charge in [-0.15, -0.1) is 0 Å². The van der Waals surface area contributed by atoms with Crippen molar-refractivity contribution in [1.82, 2.24) is 0 Å². The van der Waals surface area contributed by atoms with Gasteiger partial charge in [0, 0.05) is 61.0 Å². The number of aryl methyl sites for hydroxylation is 1. The molecule has 0 bridgehead atoms. The van der Waals surface area contributed by atoms with Gasteiger partial charge >= 0.3 is 11.6 Å². The smallest absolute Gasteiger partial charge is 0.343 e. The van der Waals surface area contributed by atoms with Crippen LogP contribution in [0.2, 0.25) is 0 Å². The molecular weight excluding hydrogens is 602 g/mol. The van der Waals surface area contributed by atoms with E-state index in [9.17, 15) is 32.5 Å². The van der Waals surface area contributed by atoms with Crippen LogP contribution >= 0.6 is 0 Å². The highest BCUT2D eigenvalue weighted by atomic mass is 32.2. The van der Waals surface area contributed by atoms with Crippen LogP contribution in [0, 0.1) is 0 Å². The first-order chi connectivity index (χ1) is 21.1. The standard InChI is InChI=1S/C27H32N2O7S.C5H11NO2/c1-2-29(15-6-18-37(33,34)35)24-11-10-22-19-23(27(32)36-25(22)20-24)9-8-21-12-16-28(17-13-21)14-5-3-4-7-26(30)31;1-6(2,3)4-5(7)8/h8-13,16-17,19-20H,2-7,14-15,18H2,1H3,(H-,30,31,33,34,35);4H2,1-3H3. The maximum absolute atomic E-state index is 12.6. The first-order valence-corrected chi connectivity index (χ1v) is 16.3. The minimum absolute atomic E-state index is 0.0694. The molecule has 0 aliphatic heterocycles. The Bertz CT molecular complexity index is 1610. The third-order valence-electron chi connectivity index (χ3n) is 6.60. The van der Waals surface area contributed by atoms with E-state index in [0.29, 0.717) is 35.1 Å². The van der Waals surface area contributed by atoms with Crippen LogP contribution in [0.5, 0.6) is 0 Å². The van der Waals surface area contributed by atoms with Crippen LogP contribution in [0.1, 0.15) is 50.2 Å². The molecule has 12 nitrogen and oxygen atoms in total. The van der Waals surface area contributed by atoms with E-state index in [0.717, 1.165) is 36.0 Å². The van der Waals surface area contributed by atoms with Gasteiger partial charge in [0.05, 0.1) is 42.8 Å². The molecule has 1 N–H and O–H groups in total. The summed E-state index contributed by atoms with van der Waals surface area (Å²) in [5, 5.41) is 19.3. The Labute approximate surface area is 264 Å². The fraction of sp³-hybridized carbons (Fsp3) is 0.438. The Morgan fingerprint density at radius 1 is 1.02 bits per heavy atom. The van der Waals surface area contributed by atoms with E-state index in [2.05, 4.69) is 0 Å². The van der Waals surface area contributed by atoms with Crippen molar-refractivity contribution >= 4 is 50.9 Å². The van der Waals surface area contributed by atoms with Gasteiger partial charge in [0.1, 0.15) is 18.7 Å². The highest BCUT2D eigenvalue weighted by Gasteiger charge is 2.10. The molecule has 45 heavy (non-hydrogen) atoms. The number of rotatable bonds is 16. The van der Waals surface area contributed by atoms with Crippen molar-refractivity contribution in [2.75, 3.05) is 51.4 Å². The Hall–Kier alpha value is -4.07. The van der Waals surface area contributed by atoms with Crippen LogP contribution in [-0.4, -0.2) is 81.0 Å². The zero-order valence-corrected chi connectivity index (χ0v) is 27.1. The van der Waals surface area contributed by atoms with Crippen molar-refractivity contribution in [3.63, 3.8) is 0 Å². The average Bonchev–Trinajstić information content (AvgIpc) is 2.93. The molecule has 0 unspecified atom stereocenters. The lowest BCUT2D eigenvalue weighted by molar-refractivity contribution is -0.864. The predicted octanol–water partition coefficient (Wildman–Crippen LogP) is 2.10. The van der Waals surface area contributed by atoms with E-state index in [4.69, 9.17) is 9.52 Å². The number of quaternary nitrogens is 1. The zero-order valence-electron chi connectivity index (χ0n) is 26.3. The van der Waals surface area contributed by atoms with Gasteiger partial charge in [0.25, 0.3) is 0 Å². The average molecular weight is 646 g/mol. The van der Waals surface area contributed by atoms with E-state index in [1.54, 1.807) is 39.4 Å². The number of anilines is 1. The highest BCUT2D eigenvalue weighted by molar-refractivity contribution is 7.85. The molecular formula is C32H43N3O9S. The lowest BCUT2D eigenvalue weighted by Gasteiger charge is -2.23. The monoisotopic (exact) mass is 645 g/mol. The van der Waals surface area contributed by atoms with Gasteiger partial charge in [0.2, 0.25) is 0 Å². The van der Waals surface area contributed by atoms with Crippen LogP contribution in [0.25, 0.3) is 23.1 Å². The highest BCUT2D eigenvalue weighted by Crippen LogP contribution is 2.23. The van der Waals surface area contributed by atoms with Gasteiger partial charge in [-0.3, -0.25) is 4.79 Å². The van der Waals surface area contributed by atoms with Gasteiger partial charge in [-0.25, -0.2) is 17.8 Å². The number of carbonyl (C=O) groups excluding carboxylic acids is 1. The second-order valence-electron chi connectivity index (χ2n) is 11.6. The Morgan fingerprint density at radius 3 is 2.27 bits per heavy atom. The van der Waals surface area contributed by atoms with Gasteiger partial charge in [-0.05, 0) is 56.0 Å². The van der Waals surface area contributed by atoms with E-state index in [1.165, 1.54) is 0 Å². The number of carbonyl (C=O) groups is 2. The maximum atomic E-state index is 12.6. The van der Waals surface area contributed by atoms with Gasteiger partial charge < -0.3 is 33.4 Å². The number of unbranched alkanes of at least 4 members (excludes halogenated alkanes) is 2. The number of nitrogens with zero attached hydrogens (tertiary/aromatic N) is 3. The minimum atomic E-state index is -4.25. The van der Waals surface area contributed by atoms with Gasteiger partial charge in [-0.1, -0.05) is 6.08 Å². The Balaban J connectivity index is 0.000000777. The predicted molar refractivity (Wildman–Crippen MR) is 169 cm³/mol. The van der Waals surface area contributed by atoms with Crippen LogP contribution < -0.4 is 20.2 Å². The SMILES string of the molecule is CCN(CCCS(=O)(=O)[O-])c1ccc2cc(/C=C/c3cc[n+](CCCCCC(=O)O)cc3)c(=O)oc2c1.C[N+](C)(C)CC(=O)[O-]. The summed E-state index contributed by atoms with van der Waals surface area (Å²) in [4.78, 5) is 35.0. The number of hydrogen-bond donors (Lipinski definition) is 1. The summed E-state index contributed by atoms with van der Waals surface area (Å²) in [6, 6.07) is 11.1. The van der Waals surface area contributed by atoms with Crippen molar-refractivity contribution in [2.45, 2.75) is 45.6 Å². The summed E-state index contributed by atoms with van der Waals surface area (Å²) in [5.74, 6) is -2.18. The fourth-order valence-corrected chi connectivity index (χ4v) is 4.86. The van der Waals surface area contributed by atoms with E-state index in [1.807, 2.05) is 59.1 Å². The molecule has 2 heterocycles. The molecule has 0 amide bonds. The summed E-state index contributed by atoms with van der Waals surface area (Å²) in [6.07, 6.45) is 10.3. The maximum Gasteiger partial charge on any atom is 0.343 e. The zero-order chi connectivity index (χ0) is 33.6. The molecule has 0 spiro atoms. The van der Waals surface area contributed by atoms with E-state index >= 15 is 0 Å². The van der Waals surface area contributed by atoms with Crippen molar-refractivity contribution in [3.05, 3.63) is 70.3 Å². The third-order valence-corrected chi connectivity index (χ3v) is 7.39. The Kier molecular flexibility index (Phi) is 14.4. The molecule has 0 saturated carbocycles. The third kappa shape index (κ3) is 15.0. The number of fused-ring (bicyclic) bond motifs is 1. The molecule has 246 valence electrons. The number of aliphatic carboxylic acids is 2. The van der Waals surface area contributed by atoms with Crippen LogP contribution in [0.4, 0.5) is 5.69 Å². The van der Waals surface area contributed by atoms with Gasteiger partial charge in [-0.2, -0.15) is 0 Å². The largest absolute Gasteiger partial charge is 0.748 e. The second kappa shape index (κ2) is 17.4. The lowest BCUT2D eigenvalue weighted by Crippen LogP contribution is -2.45. The summed E-state index contributed by atoms with van der Waals surface area (Å²) in [7, 11) is 1.15. The van der Waals surface area contributed by atoms with Crippen LogP contribution in [0.15, 0.2) is 58.0 Å². The number of carboxylic acids is 2. The van der Waals surface area contributed by atoms with Crippen molar-refractivity contribution in [3.8, 4) is 0 Å². The molecule has 0 fully saturated rings. The number of benzene rings is 1. The second-order valence-corrected chi connectivity index (χ2v) is 13.2. The number of aromatic nitrogens is 1. The van der Waals surface area contributed by atoms with Crippen LogP contribution in [-0.2, 0) is 26.3 Å². The van der Waals surface area contributed by atoms with Crippen molar-refractivity contribution < 1.29 is 46.2 Å². The summed E-state index contributed by atoms with van der Waals surface area (Å²) in [5.41, 5.74) is 2.09. The number of likely N-dealkylation sites (N-methyl/N-ethyl adjacent to an activating group) is 1. The molecule has 0 saturated heterocycles. The van der Waals surface area contributed by atoms with E-state index < -0.39 is 33.4 Å². The molecule has 13 heteroatoms. The topological polar surface area (TPSA) is 172 Å². The Morgan fingerprint density at radius 2 is 1.71 bits per heavy atom. The number of hydrogen-bond acceptors (Lipinski definition) is 9. The van der Waals surface area contributed by atoms with Gasteiger partial charge in [0.15, 0.2) is 12.4 Å². The molecule has 0 aliphatic carbocycles. The fourth-order valence-electron chi connectivity index (χ4n) is 4.38. The lowest BCUT2D eigenvalue weighted by atomic mass is 10.1. The summed E-state index contributed by atoms with van der Waals surface area (Å²) >= 11 is 0. The number of carboxylic acid groups (broad SMARTS) is 2. The summed E-state index contributed by atoms with van der Waals surface area (Å²) < 4.78 is 40.6. The van der Waals surface area contributed by atoms with Crippen LogP contribution in [0.3, 0.4) is 0 Å². The molecule has 2 aromatic heterocycles. The molecule has 0 radical (unpaired) electrons. The van der Waals surface area contributed by atoms with Crippen molar-refractivity contribution in [2.24, 2.45) is 0 Å². The molecule has 1 aromatic carbocycles. The minimum Gasteiger partial charge on any atom is -0.748 e.